The average molecular weight is 206 g/mol. The summed E-state index contributed by atoms with van der Waals surface area (Å²) in [5.41, 5.74) is 5.35. The number of halogens is 1. The van der Waals surface area contributed by atoms with Gasteiger partial charge in [-0.3, -0.25) is 4.79 Å². The van der Waals surface area contributed by atoms with E-state index >= 15 is 0 Å². The molecule has 3 nitrogen and oxygen atoms in total. The highest BCUT2D eigenvalue weighted by molar-refractivity contribution is 6.33. The van der Waals surface area contributed by atoms with Crippen molar-refractivity contribution in [2.24, 2.45) is 5.73 Å². The SMILES string of the molecule is CC(Cl)(CN)C(=O)OC1CCCC1. The van der Waals surface area contributed by atoms with Crippen molar-refractivity contribution in [3.8, 4) is 0 Å². The molecule has 4 heteroatoms. The Morgan fingerprint density at radius 3 is 2.62 bits per heavy atom. The van der Waals surface area contributed by atoms with Gasteiger partial charge in [0.25, 0.3) is 0 Å². The van der Waals surface area contributed by atoms with E-state index in [1.54, 1.807) is 6.92 Å². The van der Waals surface area contributed by atoms with Gasteiger partial charge in [-0.25, -0.2) is 0 Å². The number of hydrogen-bond donors (Lipinski definition) is 1. The number of carbonyl (C=O) groups excluding carboxylic acids is 1. The van der Waals surface area contributed by atoms with Gasteiger partial charge in [-0.2, -0.15) is 0 Å². The minimum atomic E-state index is -1.05. The monoisotopic (exact) mass is 205 g/mol. The second-order valence-corrected chi connectivity index (χ2v) is 4.55. The van der Waals surface area contributed by atoms with Gasteiger partial charge in [-0.15, -0.1) is 11.6 Å². The van der Waals surface area contributed by atoms with Crippen LogP contribution in [-0.2, 0) is 9.53 Å². The van der Waals surface area contributed by atoms with Crippen LogP contribution < -0.4 is 5.73 Å². The van der Waals surface area contributed by atoms with Crippen molar-refractivity contribution in [1.29, 1.82) is 0 Å². The largest absolute Gasteiger partial charge is 0.461 e. The van der Waals surface area contributed by atoms with E-state index in [9.17, 15) is 4.79 Å². The Morgan fingerprint density at radius 1 is 1.62 bits per heavy atom. The van der Waals surface area contributed by atoms with Gasteiger partial charge >= 0.3 is 5.97 Å². The van der Waals surface area contributed by atoms with Crippen LogP contribution in [0.25, 0.3) is 0 Å². The van der Waals surface area contributed by atoms with Crippen molar-refractivity contribution in [2.75, 3.05) is 6.54 Å². The molecule has 0 bridgehead atoms. The van der Waals surface area contributed by atoms with E-state index in [2.05, 4.69) is 0 Å². The number of carbonyl (C=O) groups is 1. The summed E-state index contributed by atoms with van der Waals surface area (Å²) in [6.07, 6.45) is 4.27. The minimum absolute atomic E-state index is 0.0668. The van der Waals surface area contributed by atoms with Gasteiger partial charge in [-0.1, -0.05) is 0 Å². The van der Waals surface area contributed by atoms with E-state index in [4.69, 9.17) is 22.1 Å². The van der Waals surface area contributed by atoms with Gasteiger partial charge in [0.15, 0.2) is 4.87 Å². The zero-order chi connectivity index (χ0) is 9.90. The zero-order valence-electron chi connectivity index (χ0n) is 7.88. The zero-order valence-corrected chi connectivity index (χ0v) is 8.64. The Labute approximate surface area is 83.6 Å². The van der Waals surface area contributed by atoms with Crippen LogP contribution in [0.4, 0.5) is 0 Å². The molecule has 2 N–H and O–H groups in total. The second-order valence-electron chi connectivity index (χ2n) is 3.71. The molecule has 0 spiro atoms. The van der Waals surface area contributed by atoms with Gasteiger partial charge in [0.2, 0.25) is 0 Å². The first-order valence-corrected chi connectivity index (χ1v) is 5.04. The Balaban J connectivity index is 2.39. The van der Waals surface area contributed by atoms with Crippen LogP contribution in [0, 0.1) is 0 Å². The first kappa shape index (κ1) is 10.8. The molecular formula is C9H16ClNO2. The Morgan fingerprint density at radius 2 is 2.15 bits per heavy atom. The quantitative estimate of drug-likeness (QED) is 0.560. The normalized spacial score (nSPS) is 22.7. The van der Waals surface area contributed by atoms with E-state index < -0.39 is 4.87 Å². The molecule has 0 aromatic rings. The first-order valence-electron chi connectivity index (χ1n) is 4.66. The molecule has 0 aromatic heterocycles. The van der Waals surface area contributed by atoms with Crippen molar-refractivity contribution in [3.63, 3.8) is 0 Å². The molecule has 1 fully saturated rings. The number of nitrogens with two attached hydrogens (primary N) is 1. The van der Waals surface area contributed by atoms with Crippen molar-refractivity contribution in [3.05, 3.63) is 0 Å². The van der Waals surface area contributed by atoms with Crippen molar-refractivity contribution in [2.45, 2.75) is 43.6 Å². The number of esters is 1. The van der Waals surface area contributed by atoms with Crippen molar-refractivity contribution < 1.29 is 9.53 Å². The lowest BCUT2D eigenvalue weighted by molar-refractivity contribution is -0.151. The molecule has 1 unspecified atom stereocenters. The third-order valence-electron chi connectivity index (χ3n) is 2.38. The fraction of sp³-hybridized carbons (Fsp3) is 0.889. The van der Waals surface area contributed by atoms with E-state index in [1.165, 1.54) is 0 Å². The van der Waals surface area contributed by atoms with Crippen LogP contribution in [0.2, 0.25) is 0 Å². The molecule has 0 saturated heterocycles. The second kappa shape index (κ2) is 4.29. The topological polar surface area (TPSA) is 52.3 Å². The van der Waals surface area contributed by atoms with Gasteiger partial charge in [-0.05, 0) is 32.6 Å². The molecule has 76 valence electrons. The maximum absolute atomic E-state index is 11.4. The number of rotatable bonds is 3. The van der Waals surface area contributed by atoms with Crippen LogP contribution in [0.15, 0.2) is 0 Å². The maximum Gasteiger partial charge on any atom is 0.328 e. The Bertz CT molecular complexity index is 188. The standard InChI is InChI=1S/C9H16ClNO2/c1-9(10,6-11)8(12)13-7-4-2-3-5-7/h7H,2-6,11H2,1H3. The molecule has 1 aliphatic carbocycles. The molecule has 1 aliphatic rings. The summed E-state index contributed by atoms with van der Waals surface area (Å²) in [4.78, 5) is 10.4. The number of ether oxygens (including phenoxy) is 1. The number of alkyl halides is 1. The molecule has 0 radical (unpaired) electrons. The van der Waals surface area contributed by atoms with Crippen LogP contribution in [0.1, 0.15) is 32.6 Å². The highest BCUT2D eigenvalue weighted by atomic mass is 35.5. The smallest absolute Gasteiger partial charge is 0.328 e. The first-order chi connectivity index (χ1) is 6.06. The average Bonchev–Trinajstić information content (AvgIpc) is 2.57. The van der Waals surface area contributed by atoms with Crippen molar-refractivity contribution in [1.82, 2.24) is 0 Å². The maximum atomic E-state index is 11.4. The summed E-state index contributed by atoms with van der Waals surface area (Å²) in [6, 6.07) is 0. The summed E-state index contributed by atoms with van der Waals surface area (Å²) in [5, 5.41) is 0. The lowest BCUT2D eigenvalue weighted by atomic mass is 10.2. The van der Waals surface area contributed by atoms with Crippen LogP contribution in [0.5, 0.6) is 0 Å². The third-order valence-corrected chi connectivity index (χ3v) is 2.69. The lowest BCUT2D eigenvalue weighted by Crippen LogP contribution is -2.40. The summed E-state index contributed by atoms with van der Waals surface area (Å²) < 4.78 is 5.22. The summed E-state index contributed by atoms with van der Waals surface area (Å²) >= 11 is 5.85. The molecule has 1 rings (SSSR count). The van der Waals surface area contributed by atoms with Gasteiger partial charge in [0, 0.05) is 6.54 Å². The van der Waals surface area contributed by atoms with E-state index in [-0.39, 0.29) is 18.6 Å². The molecule has 0 aliphatic heterocycles. The van der Waals surface area contributed by atoms with Gasteiger partial charge in [0.1, 0.15) is 6.10 Å². The Kier molecular flexibility index (Phi) is 3.56. The summed E-state index contributed by atoms with van der Waals surface area (Å²) in [6.45, 7) is 1.70. The van der Waals surface area contributed by atoms with E-state index in [0.717, 1.165) is 25.7 Å². The fourth-order valence-corrected chi connectivity index (χ4v) is 1.41. The highest BCUT2D eigenvalue weighted by Crippen LogP contribution is 2.24. The molecule has 13 heavy (non-hydrogen) atoms. The van der Waals surface area contributed by atoms with Gasteiger partial charge in [0.05, 0.1) is 0 Å². The molecule has 1 atom stereocenters. The van der Waals surface area contributed by atoms with Crippen LogP contribution in [0.3, 0.4) is 0 Å². The fourth-order valence-electron chi connectivity index (χ4n) is 1.36. The van der Waals surface area contributed by atoms with Crippen LogP contribution >= 0.6 is 11.6 Å². The predicted molar refractivity (Wildman–Crippen MR) is 51.7 cm³/mol. The Hall–Kier alpha value is -0.280. The molecular weight excluding hydrogens is 190 g/mol. The lowest BCUT2D eigenvalue weighted by Gasteiger charge is -2.20. The van der Waals surface area contributed by atoms with E-state index in [1.807, 2.05) is 0 Å². The molecule has 0 heterocycles. The number of hydrogen-bond acceptors (Lipinski definition) is 3. The van der Waals surface area contributed by atoms with Crippen LogP contribution in [-0.4, -0.2) is 23.5 Å². The molecule has 0 aromatic carbocycles. The summed E-state index contributed by atoms with van der Waals surface area (Å²) in [5.74, 6) is -0.386. The minimum Gasteiger partial charge on any atom is -0.461 e. The van der Waals surface area contributed by atoms with E-state index in [0.29, 0.717) is 0 Å². The van der Waals surface area contributed by atoms with Crippen molar-refractivity contribution >= 4 is 17.6 Å². The predicted octanol–water partition coefficient (Wildman–Crippen LogP) is 1.43. The molecule has 1 saturated carbocycles. The van der Waals surface area contributed by atoms with Gasteiger partial charge < -0.3 is 10.5 Å². The molecule has 0 amide bonds. The third kappa shape index (κ3) is 2.85. The highest BCUT2D eigenvalue weighted by Gasteiger charge is 2.33. The summed E-state index contributed by atoms with van der Waals surface area (Å²) in [7, 11) is 0.